The molecule has 1 aliphatic rings. The Balaban J connectivity index is 1.60. The third-order valence-corrected chi connectivity index (χ3v) is 4.57. The molecule has 7 nitrogen and oxygen atoms in total. The highest BCUT2D eigenvalue weighted by Gasteiger charge is 2.32. The monoisotopic (exact) mass is 340 g/mol. The number of fused-ring (bicyclic) bond motifs is 1. The largest absolute Gasteiger partial charge is 0.423 e. The number of carbonyl (C=O) groups is 1. The number of hydrogen-bond donors (Lipinski definition) is 0. The van der Waals surface area contributed by atoms with Gasteiger partial charge in [0.2, 0.25) is 17.7 Å². The first kappa shape index (κ1) is 15.8. The third kappa shape index (κ3) is 2.91. The van der Waals surface area contributed by atoms with E-state index < -0.39 is 0 Å². The van der Waals surface area contributed by atoms with E-state index in [1.807, 2.05) is 29.0 Å². The zero-order valence-electron chi connectivity index (χ0n) is 14.3. The van der Waals surface area contributed by atoms with Crippen molar-refractivity contribution < 1.29 is 13.9 Å². The second-order valence-corrected chi connectivity index (χ2v) is 6.29. The Hall–Kier alpha value is -2.67. The second-order valence-electron chi connectivity index (χ2n) is 6.29. The van der Waals surface area contributed by atoms with Crippen LogP contribution >= 0.6 is 0 Å². The van der Waals surface area contributed by atoms with Crippen molar-refractivity contribution >= 4 is 16.8 Å². The van der Waals surface area contributed by atoms with Gasteiger partial charge in [-0.05, 0) is 18.6 Å². The number of aryl methyl sites for hydroxylation is 2. The summed E-state index contributed by atoms with van der Waals surface area (Å²) in [6, 6.07) is 7.78. The summed E-state index contributed by atoms with van der Waals surface area (Å²) in [4.78, 5) is 14.7. The molecular weight excluding hydrogens is 320 g/mol. The molecular formula is C18H20N4O3. The van der Waals surface area contributed by atoms with Crippen molar-refractivity contribution in [2.75, 3.05) is 19.8 Å². The van der Waals surface area contributed by atoms with Crippen molar-refractivity contribution in [2.45, 2.75) is 26.4 Å². The predicted octanol–water partition coefficient (Wildman–Crippen LogP) is 2.24. The molecule has 1 fully saturated rings. The van der Waals surface area contributed by atoms with Gasteiger partial charge in [-0.15, -0.1) is 10.2 Å². The van der Waals surface area contributed by atoms with Crippen LogP contribution in [-0.2, 0) is 16.1 Å². The van der Waals surface area contributed by atoms with Gasteiger partial charge >= 0.3 is 0 Å². The Bertz CT molecular complexity index is 914. The third-order valence-electron chi connectivity index (χ3n) is 4.57. The average molecular weight is 340 g/mol. The van der Waals surface area contributed by atoms with Crippen LogP contribution in [0.2, 0.25) is 0 Å². The van der Waals surface area contributed by atoms with Gasteiger partial charge in [0, 0.05) is 30.6 Å². The molecule has 0 N–H and O–H groups in total. The van der Waals surface area contributed by atoms with E-state index in [0.717, 1.165) is 11.1 Å². The van der Waals surface area contributed by atoms with Crippen LogP contribution < -0.4 is 0 Å². The number of aromatic nitrogens is 3. The number of para-hydroxylation sites is 1. The van der Waals surface area contributed by atoms with Crippen LogP contribution in [0.1, 0.15) is 23.4 Å². The van der Waals surface area contributed by atoms with Gasteiger partial charge in [0.1, 0.15) is 12.6 Å². The van der Waals surface area contributed by atoms with E-state index in [0.29, 0.717) is 31.5 Å². The summed E-state index contributed by atoms with van der Waals surface area (Å²) >= 11 is 0. The smallest absolute Gasteiger partial charge is 0.243 e. The molecule has 1 aliphatic heterocycles. The van der Waals surface area contributed by atoms with Crippen LogP contribution in [0.3, 0.4) is 0 Å². The zero-order chi connectivity index (χ0) is 17.4. The first-order valence-corrected chi connectivity index (χ1v) is 8.35. The summed E-state index contributed by atoms with van der Waals surface area (Å²) in [6.07, 6.45) is 2.02. The molecule has 130 valence electrons. The van der Waals surface area contributed by atoms with E-state index in [1.165, 1.54) is 5.39 Å². The van der Waals surface area contributed by atoms with Gasteiger partial charge in [-0.2, -0.15) is 0 Å². The first-order chi connectivity index (χ1) is 12.1. The highest BCUT2D eigenvalue weighted by molar-refractivity contribution is 5.86. The van der Waals surface area contributed by atoms with E-state index in [1.54, 1.807) is 11.8 Å². The Morgan fingerprint density at radius 3 is 2.92 bits per heavy atom. The summed E-state index contributed by atoms with van der Waals surface area (Å²) in [5.41, 5.74) is 2.22. The van der Waals surface area contributed by atoms with Gasteiger partial charge in [-0.3, -0.25) is 4.79 Å². The number of rotatable bonds is 3. The predicted molar refractivity (Wildman–Crippen MR) is 91.0 cm³/mol. The van der Waals surface area contributed by atoms with Gasteiger partial charge in [0.25, 0.3) is 0 Å². The number of nitrogens with zero attached hydrogens (tertiary/aromatic N) is 4. The number of amides is 1. The molecule has 3 aromatic rings. The van der Waals surface area contributed by atoms with E-state index >= 15 is 0 Å². The molecule has 1 atom stereocenters. The van der Waals surface area contributed by atoms with Crippen LogP contribution in [0.5, 0.6) is 0 Å². The summed E-state index contributed by atoms with van der Waals surface area (Å²) in [6.45, 7) is 5.48. The lowest BCUT2D eigenvalue weighted by atomic mass is 10.2. The Morgan fingerprint density at radius 1 is 1.28 bits per heavy atom. The molecule has 0 radical (unpaired) electrons. The van der Waals surface area contributed by atoms with E-state index in [-0.39, 0.29) is 18.5 Å². The first-order valence-electron chi connectivity index (χ1n) is 8.35. The lowest BCUT2D eigenvalue weighted by molar-refractivity contribution is -0.141. The average Bonchev–Trinajstić information content (AvgIpc) is 3.19. The highest BCUT2D eigenvalue weighted by Crippen LogP contribution is 2.25. The topological polar surface area (TPSA) is 73.4 Å². The molecule has 25 heavy (non-hydrogen) atoms. The maximum atomic E-state index is 13.0. The number of ether oxygens (including phenoxy) is 1. The van der Waals surface area contributed by atoms with E-state index in [9.17, 15) is 4.79 Å². The van der Waals surface area contributed by atoms with Crippen molar-refractivity contribution in [3.63, 3.8) is 0 Å². The van der Waals surface area contributed by atoms with Crippen LogP contribution in [0.25, 0.3) is 10.9 Å². The van der Waals surface area contributed by atoms with Gasteiger partial charge in [-0.1, -0.05) is 18.2 Å². The van der Waals surface area contributed by atoms with Crippen LogP contribution in [0.4, 0.5) is 0 Å². The fraction of sp³-hybridized carbons (Fsp3) is 0.389. The molecule has 1 amide bonds. The minimum atomic E-state index is -0.328. The molecule has 1 unspecified atom stereocenters. The number of benzene rings is 1. The molecule has 4 rings (SSSR count). The maximum Gasteiger partial charge on any atom is 0.243 e. The normalized spacial score (nSPS) is 18.0. The van der Waals surface area contributed by atoms with Crippen molar-refractivity contribution in [2.24, 2.45) is 0 Å². The standard InChI is InChI=1S/C18H20N4O3/c1-12-9-21(15-6-4-3-5-14(12)15)10-17(23)22-7-8-24-11-16(22)18-20-19-13(2)25-18/h3-6,9,16H,7-8,10-11H2,1-2H3. The summed E-state index contributed by atoms with van der Waals surface area (Å²) in [7, 11) is 0. The molecule has 3 heterocycles. The minimum absolute atomic E-state index is 0.0184. The van der Waals surface area contributed by atoms with Crippen molar-refractivity contribution in [1.29, 1.82) is 0 Å². The summed E-state index contributed by atoms with van der Waals surface area (Å²) < 4.78 is 13.0. The van der Waals surface area contributed by atoms with Gasteiger partial charge < -0.3 is 18.6 Å². The SMILES string of the molecule is Cc1nnc(C2COCCN2C(=O)Cn2cc(C)c3ccccc32)o1. The van der Waals surface area contributed by atoms with E-state index in [4.69, 9.17) is 9.15 Å². The maximum absolute atomic E-state index is 13.0. The molecule has 0 saturated carbocycles. The lowest BCUT2D eigenvalue weighted by Crippen LogP contribution is -2.44. The molecule has 1 saturated heterocycles. The van der Waals surface area contributed by atoms with Crippen LogP contribution in [0, 0.1) is 13.8 Å². The molecule has 1 aromatic carbocycles. The summed E-state index contributed by atoms with van der Waals surface area (Å²) in [5, 5.41) is 9.10. The lowest BCUT2D eigenvalue weighted by Gasteiger charge is -2.33. The van der Waals surface area contributed by atoms with Crippen LogP contribution in [-0.4, -0.2) is 45.3 Å². The molecule has 0 aliphatic carbocycles. The Morgan fingerprint density at radius 2 is 2.12 bits per heavy atom. The fourth-order valence-electron chi connectivity index (χ4n) is 3.35. The Labute approximate surface area is 145 Å². The van der Waals surface area contributed by atoms with Crippen LogP contribution in [0.15, 0.2) is 34.9 Å². The minimum Gasteiger partial charge on any atom is -0.423 e. The molecule has 0 bridgehead atoms. The molecule has 0 spiro atoms. The highest BCUT2D eigenvalue weighted by atomic mass is 16.5. The van der Waals surface area contributed by atoms with Gasteiger partial charge in [-0.25, -0.2) is 0 Å². The van der Waals surface area contributed by atoms with Gasteiger partial charge in [0.15, 0.2) is 0 Å². The summed E-state index contributed by atoms with van der Waals surface area (Å²) in [5.74, 6) is 0.934. The van der Waals surface area contributed by atoms with Crippen molar-refractivity contribution in [3.05, 3.63) is 47.8 Å². The van der Waals surface area contributed by atoms with Gasteiger partial charge in [0.05, 0.1) is 13.2 Å². The fourth-order valence-corrected chi connectivity index (χ4v) is 3.35. The zero-order valence-corrected chi connectivity index (χ0v) is 14.3. The number of carbonyl (C=O) groups excluding carboxylic acids is 1. The molecule has 7 heteroatoms. The number of morpholine rings is 1. The van der Waals surface area contributed by atoms with E-state index in [2.05, 4.69) is 23.2 Å². The second kappa shape index (κ2) is 6.33. The van der Waals surface area contributed by atoms with Crippen molar-refractivity contribution in [3.8, 4) is 0 Å². The Kier molecular flexibility index (Phi) is 4.01. The van der Waals surface area contributed by atoms with Crippen molar-refractivity contribution in [1.82, 2.24) is 19.7 Å². The quantitative estimate of drug-likeness (QED) is 0.731. The molecule has 2 aromatic heterocycles. The number of hydrogen-bond acceptors (Lipinski definition) is 5.